The van der Waals surface area contributed by atoms with Gasteiger partial charge in [-0.05, 0) is 29.7 Å². The molecule has 4 heteroatoms. The second-order valence-corrected chi connectivity index (χ2v) is 3.47. The average Bonchev–Trinajstić information content (AvgIpc) is 2.70. The van der Waals surface area contributed by atoms with Crippen LogP contribution >= 0.6 is 11.5 Å². The van der Waals surface area contributed by atoms with Crippen molar-refractivity contribution < 1.29 is 4.79 Å². The van der Waals surface area contributed by atoms with Crippen molar-refractivity contribution >= 4 is 23.0 Å². The van der Waals surface area contributed by atoms with Crippen LogP contribution in [0.1, 0.15) is 16.1 Å². The number of benzene rings is 1. The van der Waals surface area contributed by atoms with Gasteiger partial charge in [-0.3, -0.25) is 4.79 Å². The van der Waals surface area contributed by atoms with Crippen LogP contribution in [-0.2, 0) is 0 Å². The number of rotatable bonds is 2. The lowest BCUT2D eigenvalue weighted by Gasteiger charge is -2.00. The molecule has 70 valence electrons. The minimum atomic E-state index is -0.121. The van der Waals surface area contributed by atoms with Crippen LogP contribution in [0.2, 0.25) is 0 Å². The normalized spacial score (nSPS) is 10.0. The molecule has 1 heterocycles. The fraction of sp³-hybridized carbons (Fsp3) is 0. The summed E-state index contributed by atoms with van der Waals surface area (Å²) in [6, 6.07) is 8.69. The predicted octanol–water partition coefficient (Wildman–Crippen LogP) is 1.96. The minimum Gasteiger partial charge on any atom is -0.398 e. The van der Waals surface area contributed by atoms with Crippen LogP contribution in [0.4, 0.5) is 5.69 Å². The van der Waals surface area contributed by atoms with Gasteiger partial charge in [0.1, 0.15) is 5.69 Å². The molecule has 0 bridgehead atoms. The number of carbonyl (C=O) groups excluding carboxylic acids is 1. The second-order valence-electron chi connectivity index (χ2n) is 2.80. The van der Waals surface area contributed by atoms with E-state index >= 15 is 0 Å². The Bertz CT molecular complexity index is 451. The molecule has 2 N–H and O–H groups in total. The van der Waals surface area contributed by atoms with Crippen molar-refractivity contribution in [2.24, 2.45) is 0 Å². The molecule has 0 spiro atoms. The predicted molar refractivity (Wildman–Crippen MR) is 56.4 cm³/mol. The summed E-state index contributed by atoms with van der Waals surface area (Å²) in [4.78, 5) is 11.8. The largest absolute Gasteiger partial charge is 0.398 e. The smallest absolute Gasteiger partial charge is 0.214 e. The van der Waals surface area contributed by atoms with Crippen LogP contribution in [0.15, 0.2) is 35.7 Å². The highest BCUT2D eigenvalue weighted by atomic mass is 32.1. The number of aromatic nitrogens is 1. The Kier molecular flexibility index (Phi) is 2.28. The summed E-state index contributed by atoms with van der Waals surface area (Å²) < 4.78 is 3.97. The van der Waals surface area contributed by atoms with E-state index in [0.717, 1.165) is 0 Å². The third-order valence-corrected chi connectivity index (χ3v) is 2.44. The van der Waals surface area contributed by atoms with Crippen LogP contribution < -0.4 is 5.73 Å². The summed E-state index contributed by atoms with van der Waals surface area (Å²) in [5.41, 5.74) is 7.14. The van der Waals surface area contributed by atoms with Gasteiger partial charge in [0.25, 0.3) is 0 Å². The molecule has 0 saturated carbocycles. The van der Waals surface area contributed by atoms with Crippen molar-refractivity contribution in [2.45, 2.75) is 0 Å². The fourth-order valence-corrected chi connectivity index (χ4v) is 1.68. The quantitative estimate of drug-likeness (QED) is 0.601. The van der Waals surface area contributed by atoms with E-state index in [2.05, 4.69) is 4.37 Å². The van der Waals surface area contributed by atoms with Gasteiger partial charge in [0, 0.05) is 16.6 Å². The van der Waals surface area contributed by atoms with E-state index in [1.807, 2.05) is 0 Å². The molecule has 1 aromatic heterocycles. The molecule has 2 rings (SSSR count). The van der Waals surface area contributed by atoms with Crippen molar-refractivity contribution in [2.75, 3.05) is 5.73 Å². The Hall–Kier alpha value is -1.68. The Morgan fingerprint density at radius 2 is 2.07 bits per heavy atom. The van der Waals surface area contributed by atoms with Gasteiger partial charge in [0.2, 0.25) is 5.78 Å². The first-order valence-corrected chi connectivity index (χ1v) is 4.92. The fourth-order valence-electron chi connectivity index (χ4n) is 1.17. The van der Waals surface area contributed by atoms with Crippen LogP contribution in [0.5, 0.6) is 0 Å². The van der Waals surface area contributed by atoms with E-state index in [1.165, 1.54) is 11.5 Å². The van der Waals surface area contributed by atoms with E-state index in [-0.39, 0.29) is 5.78 Å². The average molecular weight is 204 g/mol. The molecule has 0 atom stereocenters. The van der Waals surface area contributed by atoms with Gasteiger partial charge in [0.15, 0.2) is 0 Å². The molecule has 0 unspecified atom stereocenters. The molecule has 2 aromatic rings. The molecular formula is C10H8N2OS. The van der Waals surface area contributed by atoms with Crippen LogP contribution in [0.3, 0.4) is 0 Å². The molecule has 0 aliphatic heterocycles. The van der Waals surface area contributed by atoms with Crippen LogP contribution in [-0.4, -0.2) is 10.2 Å². The molecule has 0 fully saturated rings. The SMILES string of the molecule is Nc1ccccc1C(=O)c1ccsn1. The summed E-state index contributed by atoms with van der Waals surface area (Å²) in [5, 5.41) is 1.77. The number of nitrogens with zero attached hydrogens (tertiary/aromatic N) is 1. The number of nitrogen functional groups attached to an aromatic ring is 1. The molecule has 14 heavy (non-hydrogen) atoms. The van der Waals surface area contributed by atoms with Crippen molar-refractivity contribution in [3.05, 3.63) is 47.0 Å². The molecule has 3 nitrogen and oxygen atoms in total. The number of hydrogen-bond donors (Lipinski definition) is 1. The highest BCUT2D eigenvalue weighted by Crippen LogP contribution is 2.15. The third-order valence-electron chi connectivity index (χ3n) is 1.88. The zero-order chi connectivity index (χ0) is 9.97. The number of anilines is 1. The van der Waals surface area contributed by atoms with Crippen molar-refractivity contribution in [3.63, 3.8) is 0 Å². The maximum Gasteiger partial charge on any atom is 0.214 e. The molecule has 0 aliphatic carbocycles. The van der Waals surface area contributed by atoms with Gasteiger partial charge in [-0.2, -0.15) is 4.37 Å². The van der Waals surface area contributed by atoms with E-state index in [0.29, 0.717) is 16.9 Å². The van der Waals surface area contributed by atoms with Gasteiger partial charge >= 0.3 is 0 Å². The zero-order valence-corrected chi connectivity index (χ0v) is 8.12. The van der Waals surface area contributed by atoms with E-state index in [4.69, 9.17) is 5.73 Å². The lowest BCUT2D eigenvalue weighted by Crippen LogP contribution is -2.04. The van der Waals surface area contributed by atoms with E-state index in [9.17, 15) is 4.79 Å². The lowest BCUT2D eigenvalue weighted by molar-refractivity contribution is 0.103. The van der Waals surface area contributed by atoms with E-state index < -0.39 is 0 Å². The van der Waals surface area contributed by atoms with Gasteiger partial charge < -0.3 is 5.73 Å². The second kappa shape index (κ2) is 3.59. The summed E-state index contributed by atoms with van der Waals surface area (Å²) in [6.45, 7) is 0. The minimum absolute atomic E-state index is 0.121. The zero-order valence-electron chi connectivity index (χ0n) is 7.31. The van der Waals surface area contributed by atoms with Crippen molar-refractivity contribution in [1.29, 1.82) is 0 Å². The molecule has 0 aliphatic rings. The number of hydrogen-bond acceptors (Lipinski definition) is 4. The highest BCUT2D eigenvalue weighted by molar-refractivity contribution is 7.03. The maximum absolute atomic E-state index is 11.8. The number of para-hydroxylation sites is 1. The van der Waals surface area contributed by atoms with Crippen LogP contribution in [0.25, 0.3) is 0 Å². The number of carbonyl (C=O) groups is 1. The molecular weight excluding hydrogens is 196 g/mol. The first kappa shape index (κ1) is 8.90. The molecule has 1 aromatic carbocycles. The molecule has 0 radical (unpaired) electrons. The van der Waals surface area contributed by atoms with Crippen molar-refractivity contribution in [3.8, 4) is 0 Å². The van der Waals surface area contributed by atoms with Crippen molar-refractivity contribution in [1.82, 2.24) is 4.37 Å². The number of nitrogens with two attached hydrogens (primary N) is 1. The first-order chi connectivity index (χ1) is 6.79. The Balaban J connectivity index is 2.42. The lowest BCUT2D eigenvalue weighted by atomic mass is 10.1. The standard InChI is InChI=1S/C10H8N2OS/c11-8-4-2-1-3-7(8)10(13)9-5-6-14-12-9/h1-6H,11H2. The summed E-state index contributed by atoms with van der Waals surface area (Å²) in [6.07, 6.45) is 0. The Morgan fingerprint density at radius 1 is 1.29 bits per heavy atom. The third kappa shape index (κ3) is 1.52. The van der Waals surface area contributed by atoms with Gasteiger partial charge in [-0.1, -0.05) is 12.1 Å². The Morgan fingerprint density at radius 3 is 2.71 bits per heavy atom. The summed E-state index contributed by atoms with van der Waals surface area (Å²) >= 11 is 1.26. The Labute approximate surface area is 85.4 Å². The first-order valence-electron chi connectivity index (χ1n) is 4.08. The number of ketones is 1. The maximum atomic E-state index is 11.8. The van der Waals surface area contributed by atoms with Gasteiger partial charge in [-0.25, -0.2) is 0 Å². The molecule has 0 amide bonds. The van der Waals surface area contributed by atoms with Gasteiger partial charge in [-0.15, -0.1) is 0 Å². The highest BCUT2D eigenvalue weighted by Gasteiger charge is 2.12. The van der Waals surface area contributed by atoms with Crippen LogP contribution in [0, 0.1) is 0 Å². The van der Waals surface area contributed by atoms with E-state index in [1.54, 1.807) is 35.7 Å². The van der Waals surface area contributed by atoms with Gasteiger partial charge in [0.05, 0.1) is 0 Å². The topological polar surface area (TPSA) is 56.0 Å². The summed E-state index contributed by atoms with van der Waals surface area (Å²) in [7, 11) is 0. The summed E-state index contributed by atoms with van der Waals surface area (Å²) in [5.74, 6) is -0.121. The molecule has 0 saturated heterocycles. The monoisotopic (exact) mass is 204 g/mol.